The number of nitrogens with one attached hydrogen (secondary N) is 1. The van der Waals surface area contributed by atoms with Crippen LogP contribution in [0, 0.1) is 5.92 Å². The van der Waals surface area contributed by atoms with Crippen LogP contribution in [0.1, 0.15) is 50.5 Å². The molecule has 2 heterocycles. The molecule has 1 saturated heterocycles. The summed E-state index contributed by atoms with van der Waals surface area (Å²) in [4.78, 5) is 22.6. The van der Waals surface area contributed by atoms with Crippen molar-refractivity contribution in [1.82, 2.24) is 14.9 Å². The van der Waals surface area contributed by atoms with Gasteiger partial charge in [0.05, 0.1) is 23.6 Å². The van der Waals surface area contributed by atoms with Gasteiger partial charge >= 0.3 is 0 Å². The van der Waals surface area contributed by atoms with Crippen LogP contribution in [0.3, 0.4) is 0 Å². The normalized spacial score (nSPS) is 16.6. The fourth-order valence-electron chi connectivity index (χ4n) is 4.39. The van der Waals surface area contributed by atoms with Crippen LogP contribution in [-0.4, -0.2) is 34.6 Å². The van der Waals surface area contributed by atoms with E-state index in [1.54, 1.807) is 0 Å². The summed E-state index contributed by atoms with van der Waals surface area (Å²) in [5, 5.41) is 0.654. The molecule has 4 rings (SSSR count). The van der Waals surface area contributed by atoms with Crippen molar-refractivity contribution < 1.29 is 4.74 Å². The summed E-state index contributed by atoms with van der Waals surface area (Å²) in [7, 11) is 0. The minimum atomic E-state index is -0.0484. The largest absolute Gasteiger partial charge is 0.494 e. The predicted octanol–water partition coefficient (Wildman–Crippen LogP) is 4.73. The molecule has 0 bridgehead atoms. The molecule has 1 atom stereocenters. The van der Waals surface area contributed by atoms with Gasteiger partial charge in [-0.25, -0.2) is 4.98 Å². The van der Waals surface area contributed by atoms with E-state index < -0.39 is 0 Å². The summed E-state index contributed by atoms with van der Waals surface area (Å²) >= 11 is 0. The van der Waals surface area contributed by atoms with Crippen molar-refractivity contribution in [3.63, 3.8) is 0 Å². The number of aromatic nitrogens is 2. The molecule has 1 aromatic heterocycles. The van der Waals surface area contributed by atoms with Crippen LogP contribution < -0.4 is 10.3 Å². The van der Waals surface area contributed by atoms with Gasteiger partial charge in [0, 0.05) is 0 Å². The highest BCUT2D eigenvalue weighted by molar-refractivity contribution is 5.77. The van der Waals surface area contributed by atoms with E-state index in [-0.39, 0.29) is 11.6 Å². The molecule has 0 radical (unpaired) electrons. The lowest BCUT2D eigenvalue weighted by Crippen LogP contribution is -2.37. The SMILES string of the molecule is CCOc1ccc(CCC2CCN(C(C)c3nc4ccccc4c(=O)[nH]3)CC2)cc1. The average Bonchev–Trinajstić information content (AvgIpc) is 2.79. The number of fused-ring (bicyclic) bond motifs is 1. The van der Waals surface area contributed by atoms with Gasteiger partial charge in [-0.1, -0.05) is 24.3 Å². The fourth-order valence-corrected chi connectivity index (χ4v) is 4.39. The first kappa shape index (κ1) is 20.6. The van der Waals surface area contributed by atoms with Gasteiger partial charge in [-0.2, -0.15) is 0 Å². The second-order valence-corrected chi connectivity index (χ2v) is 8.24. The first-order valence-corrected chi connectivity index (χ1v) is 11.1. The monoisotopic (exact) mass is 405 g/mol. The lowest BCUT2D eigenvalue weighted by molar-refractivity contribution is 0.133. The second-order valence-electron chi connectivity index (χ2n) is 8.24. The van der Waals surface area contributed by atoms with Gasteiger partial charge in [0.1, 0.15) is 11.6 Å². The molecule has 0 aliphatic carbocycles. The Morgan fingerprint density at radius 1 is 1.13 bits per heavy atom. The third kappa shape index (κ3) is 4.73. The van der Waals surface area contributed by atoms with Crippen LogP contribution in [-0.2, 0) is 6.42 Å². The maximum Gasteiger partial charge on any atom is 0.258 e. The summed E-state index contributed by atoms with van der Waals surface area (Å²) < 4.78 is 5.52. The third-order valence-corrected chi connectivity index (χ3v) is 6.30. The minimum absolute atomic E-state index is 0.0484. The maximum atomic E-state index is 12.4. The Hall–Kier alpha value is -2.66. The molecule has 5 heteroatoms. The van der Waals surface area contributed by atoms with E-state index in [0.717, 1.165) is 42.5 Å². The van der Waals surface area contributed by atoms with Crippen molar-refractivity contribution in [2.75, 3.05) is 19.7 Å². The fraction of sp³-hybridized carbons (Fsp3) is 0.440. The van der Waals surface area contributed by atoms with Crippen molar-refractivity contribution in [2.24, 2.45) is 5.92 Å². The van der Waals surface area contributed by atoms with Crippen LogP contribution in [0.4, 0.5) is 0 Å². The van der Waals surface area contributed by atoms with Gasteiger partial charge in [0.25, 0.3) is 5.56 Å². The van der Waals surface area contributed by atoms with Crippen molar-refractivity contribution in [1.29, 1.82) is 0 Å². The second kappa shape index (κ2) is 9.43. The Labute approximate surface area is 178 Å². The highest BCUT2D eigenvalue weighted by Gasteiger charge is 2.25. The lowest BCUT2D eigenvalue weighted by Gasteiger charge is -2.35. The van der Waals surface area contributed by atoms with E-state index in [2.05, 4.69) is 41.1 Å². The number of hydrogen-bond acceptors (Lipinski definition) is 4. The Kier molecular flexibility index (Phi) is 6.48. The first-order valence-electron chi connectivity index (χ1n) is 11.1. The van der Waals surface area contributed by atoms with Crippen molar-refractivity contribution in [3.8, 4) is 5.75 Å². The van der Waals surface area contributed by atoms with Gasteiger partial charge in [0.2, 0.25) is 0 Å². The highest BCUT2D eigenvalue weighted by Crippen LogP contribution is 2.28. The molecule has 1 unspecified atom stereocenters. The number of para-hydroxylation sites is 1. The summed E-state index contributed by atoms with van der Waals surface area (Å²) in [6.45, 7) is 6.96. The molecule has 30 heavy (non-hydrogen) atoms. The van der Waals surface area contributed by atoms with Crippen LogP contribution in [0.2, 0.25) is 0 Å². The number of benzene rings is 2. The Balaban J connectivity index is 1.31. The predicted molar refractivity (Wildman–Crippen MR) is 121 cm³/mol. The average molecular weight is 406 g/mol. The number of hydrogen-bond donors (Lipinski definition) is 1. The van der Waals surface area contributed by atoms with Gasteiger partial charge in [-0.15, -0.1) is 0 Å². The molecule has 1 N–H and O–H groups in total. The van der Waals surface area contributed by atoms with Gasteiger partial charge in [0.15, 0.2) is 0 Å². The molecule has 158 valence electrons. The van der Waals surface area contributed by atoms with Gasteiger partial charge in [-0.05, 0) is 88.4 Å². The third-order valence-electron chi connectivity index (χ3n) is 6.30. The van der Waals surface area contributed by atoms with Gasteiger partial charge in [-0.3, -0.25) is 9.69 Å². The number of piperidine rings is 1. The van der Waals surface area contributed by atoms with Crippen LogP contribution in [0.15, 0.2) is 53.3 Å². The van der Waals surface area contributed by atoms with Gasteiger partial charge < -0.3 is 9.72 Å². The topological polar surface area (TPSA) is 58.2 Å². The molecule has 3 aromatic rings. The number of ether oxygens (including phenoxy) is 1. The number of nitrogens with zero attached hydrogens (tertiary/aromatic N) is 2. The number of H-pyrrole nitrogens is 1. The zero-order chi connectivity index (χ0) is 20.9. The molecular weight excluding hydrogens is 374 g/mol. The molecule has 0 saturated carbocycles. The zero-order valence-corrected chi connectivity index (χ0v) is 17.9. The highest BCUT2D eigenvalue weighted by atomic mass is 16.5. The molecule has 1 fully saturated rings. The molecular formula is C25H31N3O2. The van der Waals surface area contributed by atoms with Crippen LogP contribution in [0.5, 0.6) is 5.75 Å². The Bertz CT molecular complexity index is 1020. The molecule has 1 aliphatic rings. The Morgan fingerprint density at radius 2 is 1.87 bits per heavy atom. The number of aryl methyl sites for hydroxylation is 1. The van der Waals surface area contributed by atoms with E-state index in [1.807, 2.05) is 31.2 Å². The molecule has 1 aliphatic heterocycles. The quantitative estimate of drug-likeness (QED) is 0.617. The number of aromatic amines is 1. The first-order chi connectivity index (χ1) is 14.6. The van der Waals surface area contributed by atoms with E-state index in [4.69, 9.17) is 9.72 Å². The van der Waals surface area contributed by atoms with Crippen LogP contribution in [0.25, 0.3) is 10.9 Å². The van der Waals surface area contributed by atoms with Crippen molar-refractivity contribution in [3.05, 3.63) is 70.3 Å². The van der Waals surface area contributed by atoms with Crippen molar-refractivity contribution >= 4 is 10.9 Å². The smallest absolute Gasteiger partial charge is 0.258 e. The Morgan fingerprint density at radius 3 is 2.60 bits per heavy atom. The minimum Gasteiger partial charge on any atom is -0.494 e. The summed E-state index contributed by atoms with van der Waals surface area (Å²) in [6, 6.07) is 16.2. The lowest BCUT2D eigenvalue weighted by atomic mass is 9.90. The summed E-state index contributed by atoms with van der Waals surface area (Å²) in [5.74, 6) is 2.47. The molecule has 5 nitrogen and oxygen atoms in total. The molecule has 0 spiro atoms. The zero-order valence-electron chi connectivity index (χ0n) is 17.9. The summed E-state index contributed by atoms with van der Waals surface area (Å²) in [5.41, 5.74) is 2.10. The standard InChI is InChI=1S/C25H31N3O2/c1-3-30-21-12-10-19(11-13-21)8-9-20-14-16-28(17-15-20)18(2)24-26-23-7-5-4-6-22(23)25(29)27-24/h4-7,10-13,18,20H,3,8-9,14-17H2,1-2H3,(H,26,27,29). The van der Waals surface area contributed by atoms with E-state index in [0.29, 0.717) is 12.0 Å². The number of rotatable bonds is 7. The van der Waals surface area contributed by atoms with E-state index in [9.17, 15) is 4.79 Å². The molecule has 2 aromatic carbocycles. The van der Waals surface area contributed by atoms with E-state index >= 15 is 0 Å². The number of likely N-dealkylation sites (tertiary alicyclic amines) is 1. The molecule has 0 amide bonds. The van der Waals surface area contributed by atoms with Crippen LogP contribution >= 0.6 is 0 Å². The maximum absolute atomic E-state index is 12.4. The van der Waals surface area contributed by atoms with E-state index in [1.165, 1.54) is 24.8 Å². The van der Waals surface area contributed by atoms with Crippen molar-refractivity contribution in [2.45, 2.75) is 45.6 Å². The summed E-state index contributed by atoms with van der Waals surface area (Å²) in [6.07, 6.45) is 4.73.